The highest BCUT2D eigenvalue weighted by atomic mass is 16.4. The van der Waals surface area contributed by atoms with E-state index in [4.69, 9.17) is 0 Å². The van der Waals surface area contributed by atoms with Crippen molar-refractivity contribution in [3.05, 3.63) is 24.3 Å². The standard InChI is InChI=1S/C16H20N2O3/c1-16(2)12(13(16)15(20)21)14(19)18-9-8-17(3)10-6-4-5-7-11(10)18/h4-7,12-13H,8-9H2,1-3H3,(H,20,21)/t12-,13+/m1/s1. The van der Waals surface area contributed by atoms with Crippen molar-refractivity contribution >= 4 is 23.3 Å². The Bertz CT molecular complexity index is 611. The fourth-order valence-electron chi connectivity index (χ4n) is 3.46. The zero-order chi connectivity index (χ0) is 15.4. The predicted octanol–water partition coefficient (Wildman–Crippen LogP) is 1.83. The Morgan fingerprint density at radius 2 is 1.76 bits per heavy atom. The number of likely N-dealkylation sites (N-methyl/N-ethyl adjacent to an activating group) is 1. The van der Waals surface area contributed by atoms with E-state index < -0.39 is 23.2 Å². The van der Waals surface area contributed by atoms with E-state index in [1.807, 2.05) is 45.2 Å². The minimum Gasteiger partial charge on any atom is -0.481 e. The van der Waals surface area contributed by atoms with Crippen LogP contribution >= 0.6 is 0 Å². The van der Waals surface area contributed by atoms with E-state index in [0.717, 1.165) is 17.9 Å². The Balaban J connectivity index is 1.91. The maximum atomic E-state index is 12.8. The first-order chi connectivity index (χ1) is 9.85. The fourth-order valence-corrected chi connectivity index (χ4v) is 3.46. The van der Waals surface area contributed by atoms with Gasteiger partial charge in [-0.1, -0.05) is 26.0 Å². The molecule has 0 unspecified atom stereocenters. The number of anilines is 2. The molecule has 21 heavy (non-hydrogen) atoms. The number of aliphatic carboxylic acids is 1. The number of rotatable bonds is 2. The van der Waals surface area contributed by atoms with Gasteiger partial charge in [0.25, 0.3) is 0 Å². The topological polar surface area (TPSA) is 60.9 Å². The highest BCUT2D eigenvalue weighted by Crippen LogP contribution is 2.59. The number of nitrogens with zero attached hydrogens (tertiary/aromatic N) is 2. The molecular weight excluding hydrogens is 268 g/mol. The molecular formula is C16H20N2O3. The highest BCUT2D eigenvalue weighted by molar-refractivity contribution is 6.04. The molecule has 5 heteroatoms. The van der Waals surface area contributed by atoms with Gasteiger partial charge in [-0.25, -0.2) is 0 Å². The quantitative estimate of drug-likeness (QED) is 0.902. The number of carbonyl (C=O) groups is 2. The molecule has 1 saturated carbocycles. The number of carboxylic acids is 1. The smallest absolute Gasteiger partial charge is 0.307 e. The second-order valence-electron chi connectivity index (χ2n) is 6.52. The molecule has 5 nitrogen and oxygen atoms in total. The lowest BCUT2D eigenvalue weighted by Gasteiger charge is -2.36. The number of amides is 1. The van der Waals surface area contributed by atoms with Gasteiger partial charge in [-0.2, -0.15) is 0 Å². The van der Waals surface area contributed by atoms with Crippen LogP contribution in [-0.2, 0) is 9.59 Å². The summed E-state index contributed by atoms with van der Waals surface area (Å²) >= 11 is 0. The molecule has 2 aliphatic rings. The lowest BCUT2D eigenvalue weighted by atomic mass is 10.1. The monoisotopic (exact) mass is 288 g/mol. The number of para-hydroxylation sites is 2. The van der Waals surface area contributed by atoms with Gasteiger partial charge < -0.3 is 14.9 Å². The highest BCUT2D eigenvalue weighted by Gasteiger charge is 2.66. The Morgan fingerprint density at radius 1 is 1.14 bits per heavy atom. The van der Waals surface area contributed by atoms with Gasteiger partial charge >= 0.3 is 5.97 Å². The van der Waals surface area contributed by atoms with Crippen molar-refractivity contribution in [1.82, 2.24) is 0 Å². The SMILES string of the molecule is CN1CCN(C(=O)[C@H]2[C@@H](C(=O)O)C2(C)C)c2ccccc21. The molecule has 0 aromatic heterocycles. The van der Waals surface area contributed by atoms with E-state index in [-0.39, 0.29) is 5.91 Å². The first kappa shape index (κ1) is 13.9. The van der Waals surface area contributed by atoms with Crippen molar-refractivity contribution in [2.24, 2.45) is 17.3 Å². The van der Waals surface area contributed by atoms with Crippen LogP contribution in [0.2, 0.25) is 0 Å². The van der Waals surface area contributed by atoms with Crippen LogP contribution in [0.1, 0.15) is 13.8 Å². The summed E-state index contributed by atoms with van der Waals surface area (Å²) in [6, 6.07) is 7.77. The predicted molar refractivity (Wildman–Crippen MR) is 80.5 cm³/mol. The Hall–Kier alpha value is -2.04. The molecule has 0 bridgehead atoms. The van der Waals surface area contributed by atoms with Crippen molar-refractivity contribution in [3.8, 4) is 0 Å². The summed E-state index contributed by atoms with van der Waals surface area (Å²) in [5.41, 5.74) is 1.44. The third kappa shape index (κ3) is 1.99. The second-order valence-corrected chi connectivity index (χ2v) is 6.52. The van der Waals surface area contributed by atoms with Crippen LogP contribution in [0.3, 0.4) is 0 Å². The van der Waals surface area contributed by atoms with Crippen LogP contribution in [-0.4, -0.2) is 37.1 Å². The summed E-state index contributed by atoms with van der Waals surface area (Å²) < 4.78 is 0. The van der Waals surface area contributed by atoms with Gasteiger partial charge in [0.05, 0.1) is 23.2 Å². The molecule has 1 N–H and O–H groups in total. The summed E-state index contributed by atoms with van der Waals surface area (Å²) in [7, 11) is 2.00. The number of fused-ring (bicyclic) bond motifs is 1. The first-order valence-electron chi connectivity index (χ1n) is 7.20. The van der Waals surface area contributed by atoms with E-state index >= 15 is 0 Å². The first-order valence-corrected chi connectivity index (χ1v) is 7.20. The summed E-state index contributed by atoms with van der Waals surface area (Å²) in [5.74, 6) is -1.93. The average Bonchev–Trinajstić information content (AvgIpc) is 3.02. The molecule has 1 fully saturated rings. The minimum absolute atomic E-state index is 0.0621. The lowest BCUT2D eigenvalue weighted by Crippen LogP contribution is -2.44. The molecule has 3 rings (SSSR count). The summed E-state index contributed by atoms with van der Waals surface area (Å²) in [4.78, 5) is 28.0. The average molecular weight is 288 g/mol. The van der Waals surface area contributed by atoms with Crippen LogP contribution in [0.4, 0.5) is 11.4 Å². The largest absolute Gasteiger partial charge is 0.481 e. The van der Waals surface area contributed by atoms with Gasteiger partial charge in [0.2, 0.25) is 5.91 Å². The van der Waals surface area contributed by atoms with E-state index in [1.165, 1.54) is 0 Å². The molecule has 0 radical (unpaired) electrons. The summed E-state index contributed by atoms with van der Waals surface area (Å²) in [6.45, 7) is 5.07. The number of hydrogen-bond acceptors (Lipinski definition) is 3. The van der Waals surface area contributed by atoms with Gasteiger partial charge in [0.1, 0.15) is 0 Å². The zero-order valence-electron chi connectivity index (χ0n) is 12.5. The number of carbonyl (C=O) groups excluding carboxylic acids is 1. The van der Waals surface area contributed by atoms with Crippen molar-refractivity contribution in [2.75, 3.05) is 29.9 Å². The number of hydrogen-bond donors (Lipinski definition) is 1. The fraction of sp³-hybridized carbons (Fsp3) is 0.500. The molecule has 0 saturated heterocycles. The Morgan fingerprint density at radius 3 is 2.33 bits per heavy atom. The second kappa shape index (κ2) is 4.48. The van der Waals surface area contributed by atoms with Crippen molar-refractivity contribution < 1.29 is 14.7 Å². The molecule has 2 atom stereocenters. The van der Waals surface area contributed by atoms with E-state index in [1.54, 1.807) is 4.90 Å². The van der Waals surface area contributed by atoms with Crippen LogP contribution in [0.25, 0.3) is 0 Å². The third-order valence-corrected chi connectivity index (χ3v) is 4.87. The summed E-state index contributed by atoms with van der Waals surface area (Å²) in [5, 5.41) is 9.26. The molecule has 1 aliphatic carbocycles. The zero-order valence-corrected chi connectivity index (χ0v) is 12.5. The van der Waals surface area contributed by atoms with Crippen molar-refractivity contribution in [2.45, 2.75) is 13.8 Å². The molecule has 1 aromatic carbocycles. The third-order valence-electron chi connectivity index (χ3n) is 4.87. The van der Waals surface area contributed by atoms with Gasteiger partial charge in [-0.15, -0.1) is 0 Å². The minimum atomic E-state index is -0.874. The van der Waals surface area contributed by atoms with Crippen molar-refractivity contribution in [3.63, 3.8) is 0 Å². The number of carboxylic acid groups (broad SMARTS) is 1. The Kier molecular flexibility index (Phi) is 2.97. The van der Waals surface area contributed by atoms with E-state index in [0.29, 0.717) is 6.54 Å². The van der Waals surface area contributed by atoms with Crippen molar-refractivity contribution in [1.29, 1.82) is 0 Å². The molecule has 0 spiro atoms. The van der Waals surface area contributed by atoms with Crippen LogP contribution in [0.5, 0.6) is 0 Å². The normalized spacial score (nSPS) is 26.2. The van der Waals surface area contributed by atoms with Gasteiger partial charge in [-0.3, -0.25) is 9.59 Å². The van der Waals surface area contributed by atoms with Gasteiger partial charge in [-0.05, 0) is 17.5 Å². The van der Waals surface area contributed by atoms with Gasteiger partial charge in [0, 0.05) is 20.1 Å². The van der Waals surface area contributed by atoms with Gasteiger partial charge in [0.15, 0.2) is 0 Å². The lowest BCUT2D eigenvalue weighted by molar-refractivity contribution is -0.140. The molecule has 1 amide bonds. The summed E-state index contributed by atoms with van der Waals surface area (Å²) in [6.07, 6.45) is 0. The molecule has 1 heterocycles. The van der Waals surface area contributed by atoms with E-state index in [9.17, 15) is 14.7 Å². The Labute approximate surface area is 124 Å². The number of benzene rings is 1. The maximum Gasteiger partial charge on any atom is 0.307 e. The molecule has 1 aliphatic heterocycles. The van der Waals surface area contributed by atoms with Crippen LogP contribution in [0.15, 0.2) is 24.3 Å². The molecule has 1 aromatic rings. The maximum absolute atomic E-state index is 12.8. The van der Waals surface area contributed by atoms with Crippen LogP contribution < -0.4 is 9.80 Å². The van der Waals surface area contributed by atoms with E-state index in [2.05, 4.69) is 4.90 Å². The van der Waals surface area contributed by atoms with Crippen LogP contribution in [0, 0.1) is 17.3 Å². The molecule has 112 valence electrons.